The van der Waals surface area contributed by atoms with Crippen molar-refractivity contribution in [2.24, 2.45) is 5.92 Å². The van der Waals surface area contributed by atoms with E-state index in [4.69, 9.17) is 10.7 Å². The van der Waals surface area contributed by atoms with Gasteiger partial charge in [-0.25, -0.2) is 17.2 Å². The molecular formula is C13H14ClF2NO3S. The first-order valence-corrected chi connectivity index (χ1v) is 8.75. The van der Waals surface area contributed by atoms with Crippen LogP contribution < -0.4 is 5.32 Å². The SMILES string of the molecule is CC(NC(=O)c1cc(S(=O)(=O)Cl)cc(F)c1F)C1CCC1. The predicted octanol–water partition coefficient (Wildman–Crippen LogP) is 2.81. The number of amides is 1. The standard InChI is InChI=1S/C13H14ClF2NO3S/c1-7(8-3-2-4-8)17-13(18)10-5-9(21(14,19)20)6-11(15)12(10)16/h5-8H,2-4H2,1H3,(H,17,18). The van der Waals surface area contributed by atoms with Crippen LogP contribution in [0.4, 0.5) is 8.78 Å². The van der Waals surface area contributed by atoms with Gasteiger partial charge in [0, 0.05) is 16.7 Å². The number of carbonyl (C=O) groups is 1. The molecule has 1 aliphatic rings. The summed E-state index contributed by atoms with van der Waals surface area (Å²) in [6, 6.07) is 0.998. The lowest BCUT2D eigenvalue weighted by atomic mass is 9.80. The third-order valence-corrected chi connectivity index (χ3v) is 5.08. The molecule has 0 spiro atoms. The Morgan fingerprint density at radius 1 is 1.38 bits per heavy atom. The van der Waals surface area contributed by atoms with E-state index in [1.807, 2.05) is 0 Å². The molecule has 21 heavy (non-hydrogen) atoms. The fraction of sp³-hybridized carbons (Fsp3) is 0.462. The van der Waals surface area contributed by atoms with Crippen molar-refractivity contribution in [3.63, 3.8) is 0 Å². The van der Waals surface area contributed by atoms with Gasteiger partial charge in [-0.3, -0.25) is 4.79 Å². The van der Waals surface area contributed by atoms with Gasteiger partial charge in [-0.1, -0.05) is 6.42 Å². The van der Waals surface area contributed by atoms with Crippen molar-refractivity contribution >= 4 is 25.6 Å². The average Bonchev–Trinajstić information content (AvgIpc) is 2.28. The van der Waals surface area contributed by atoms with E-state index in [1.165, 1.54) is 0 Å². The lowest BCUT2D eigenvalue weighted by molar-refractivity contribution is 0.0904. The number of halogens is 3. The van der Waals surface area contributed by atoms with Crippen molar-refractivity contribution in [2.45, 2.75) is 37.1 Å². The Morgan fingerprint density at radius 3 is 2.48 bits per heavy atom. The van der Waals surface area contributed by atoms with Crippen LogP contribution >= 0.6 is 10.7 Å². The first-order valence-electron chi connectivity index (χ1n) is 6.44. The predicted molar refractivity (Wildman–Crippen MR) is 73.7 cm³/mol. The quantitative estimate of drug-likeness (QED) is 0.859. The van der Waals surface area contributed by atoms with Crippen LogP contribution in [0.3, 0.4) is 0 Å². The molecule has 0 radical (unpaired) electrons. The minimum atomic E-state index is -4.25. The molecule has 1 aromatic rings. The molecule has 0 heterocycles. The van der Waals surface area contributed by atoms with Gasteiger partial charge < -0.3 is 5.32 Å². The van der Waals surface area contributed by atoms with Crippen molar-refractivity contribution in [3.05, 3.63) is 29.3 Å². The highest BCUT2D eigenvalue weighted by Gasteiger charge is 2.27. The Bertz CT molecular complexity index is 674. The summed E-state index contributed by atoms with van der Waals surface area (Å²) in [6.45, 7) is 1.78. The maximum Gasteiger partial charge on any atom is 0.261 e. The van der Waals surface area contributed by atoms with E-state index in [0.717, 1.165) is 25.3 Å². The van der Waals surface area contributed by atoms with Gasteiger partial charge in [0.05, 0.1) is 10.5 Å². The highest BCUT2D eigenvalue weighted by Crippen LogP contribution is 2.29. The molecule has 0 saturated heterocycles. The summed E-state index contributed by atoms with van der Waals surface area (Å²) in [5.74, 6) is -3.37. The maximum atomic E-state index is 13.7. The summed E-state index contributed by atoms with van der Waals surface area (Å²) in [5, 5.41) is 2.56. The zero-order chi connectivity index (χ0) is 15.8. The second-order valence-electron chi connectivity index (χ2n) is 5.16. The number of benzene rings is 1. The molecule has 1 saturated carbocycles. The second-order valence-corrected chi connectivity index (χ2v) is 7.72. The highest BCUT2D eigenvalue weighted by atomic mass is 35.7. The van der Waals surface area contributed by atoms with Gasteiger partial charge in [0.1, 0.15) is 0 Å². The summed E-state index contributed by atoms with van der Waals surface area (Å²) in [7, 11) is 0.848. The molecule has 8 heteroatoms. The van der Waals surface area contributed by atoms with Crippen LogP contribution in [0.25, 0.3) is 0 Å². The van der Waals surface area contributed by atoms with Gasteiger partial charge in [0.2, 0.25) is 0 Å². The molecule has 1 atom stereocenters. The number of hydrogen-bond acceptors (Lipinski definition) is 3. The summed E-state index contributed by atoms with van der Waals surface area (Å²) in [4.78, 5) is 11.3. The van der Waals surface area contributed by atoms with Crippen LogP contribution in [0.1, 0.15) is 36.5 Å². The van der Waals surface area contributed by atoms with E-state index in [-0.39, 0.29) is 6.04 Å². The third kappa shape index (κ3) is 3.52. The molecule has 1 aliphatic carbocycles. The fourth-order valence-corrected chi connectivity index (χ4v) is 2.98. The van der Waals surface area contributed by atoms with Crippen molar-refractivity contribution in [3.8, 4) is 0 Å². The lowest BCUT2D eigenvalue weighted by Gasteiger charge is -2.31. The van der Waals surface area contributed by atoms with Gasteiger partial charge >= 0.3 is 0 Å². The third-order valence-electron chi connectivity index (χ3n) is 3.74. The normalized spacial score (nSPS) is 17.1. The first-order chi connectivity index (χ1) is 9.70. The summed E-state index contributed by atoms with van der Waals surface area (Å²) in [5.41, 5.74) is -0.666. The van der Waals surface area contributed by atoms with Gasteiger partial charge in [0.15, 0.2) is 11.6 Å². The minimum Gasteiger partial charge on any atom is -0.349 e. The zero-order valence-corrected chi connectivity index (χ0v) is 12.8. The highest BCUT2D eigenvalue weighted by molar-refractivity contribution is 8.13. The summed E-state index contributed by atoms with van der Waals surface area (Å²) < 4.78 is 49.5. The number of carbonyl (C=O) groups excluding carboxylic acids is 1. The fourth-order valence-electron chi connectivity index (χ4n) is 2.21. The van der Waals surface area contributed by atoms with Crippen molar-refractivity contribution in [2.75, 3.05) is 0 Å². The smallest absolute Gasteiger partial charge is 0.261 e. The molecule has 0 aromatic heterocycles. The van der Waals surface area contributed by atoms with E-state index in [1.54, 1.807) is 6.92 Å². The monoisotopic (exact) mass is 337 g/mol. The molecule has 1 fully saturated rings. The second kappa shape index (κ2) is 5.88. The molecule has 2 rings (SSSR count). The Kier molecular flexibility index (Phi) is 4.53. The van der Waals surface area contributed by atoms with Gasteiger partial charge in [-0.2, -0.15) is 0 Å². The van der Waals surface area contributed by atoms with E-state index < -0.39 is 37.1 Å². The van der Waals surface area contributed by atoms with Crippen LogP contribution in [0, 0.1) is 17.6 Å². The van der Waals surface area contributed by atoms with Gasteiger partial charge in [0.25, 0.3) is 15.0 Å². The largest absolute Gasteiger partial charge is 0.349 e. The summed E-state index contributed by atoms with van der Waals surface area (Å²) in [6.07, 6.45) is 3.01. The van der Waals surface area contributed by atoms with Crippen LogP contribution in [-0.2, 0) is 9.05 Å². The first kappa shape index (κ1) is 16.2. The van der Waals surface area contributed by atoms with Crippen LogP contribution in [0.15, 0.2) is 17.0 Å². The van der Waals surface area contributed by atoms with E-state index in [2.05, 4.69) is 5.32 Å². The molecule has 1 unspecified atom stereocenters. The molecule has 1 N–H and O–H groups in total. The summed E-state index contributed by atoms with van der Waals surface area (Å²) >= 11 is 0. The Labute approximate surface area is 125 Å². The molecule has 0 aliphatic heterocycles. The zero-order valence-electron chi connectivity index (χ0n) is 11.2. The minimum absolute atomic E-state index is 0.190. The molecule has 116 valence electrons. The number of hydrogen-bond donors (Lipinski definition) is 1. The van der Waals surface area contributed by atoms with Crippen molar-refractivity contribution in [1.29, 1.82) is 0 Å². The lowest BCUT2D eigenvalue weighted by Crippen LogP contribution is -2.41. The molecule has 1 amide bonds. The number of rotatable bonds is 4. The maximum absolute atomic E-state index is 13.7. The van der Waals surface area contributed by atoms with Gasteiger partial charge in [-0.15, -0.1) is 0 Å². The van der Waals surface area contributed by atoms with E-state index >= 15 is 0 Å². The molecule has 0 bridgehead atoms. The Balaban J connectivity index is 2.29. The van der Waals surface area contributed by atoms with E-state index in [9.17, 15) is 22.0 Å². The number of nitrogens with one attached hydrogen (secondary N) is 1. The Morgan fingerprint density at radius 2 is 2.00 bits per heavy atom. The van der Waals surface area contributed by atoms with E-state index in [0.29, 0.717) is 12.0 Å². The average molecular weight is 338 g/mol. The van der Waals surface area contributed by atoms with Crippen LogP contribution in [0.2, 0.25) is 0 Å². The molecule has 4 nitrogen and oxygen atoms in total. The van der Waals surface area contributed by atoms with Crippen molar-refractivity contribution < 1.29 is 22.0 Å². The van der Waals surface area contributed by atoms with Gasteiger partial charge in [-0.05, 0) is 37.8 Å². The molecular weight excluding hydrogens is 324 g/mol. The Hall–Kier alpha value is -1.21. The topological polar surface area (TPSA) is 63.2 Å². The molecule has 1 aromatic carbocycles. The van der Waals surface area contributed by atoms with Crippen LogP contribution in [0.5, 0.6) is 0 Å². The van der Waals surface area contributed by atoms with Crippen LogP contribution in [-0.4, -0.2) is 20.4 Å². The van der Waals surface area contributed by atoms with Crippen molar-refractivity contribution in [1.82, 2.24) is 5.32 Å².